The molecule has 0 saturated heterocycles. The number of ether oxygens (including phenoxy) is 1. The van der Waals surface area contributed by atoms with Gasteiger partial charge in [-0.1, -0.05) is 42.5 Å². The molecule has 0 radical (unpaired) electrons. The van der Waals surface area contributed by atoms with Gasteiger partial charge in [-0.15, -0.1) is 11.3 Å². The summed E-state index contributed by atoms with van der Waals surface area (Å²) in [5.74, 6) is 0.271. The van der Waals surface area contributed by atoms with Crippen LogP contribution in [-0.4, -0.2) is 22.1 Å². The third-order valence-corrected chi connectivity index (χ3v) is 5.73. The predicted molar refractivity (Wildman–Crippen MR) is 120 cm³/mol. The molecule has 0 bridgehead atoms. The molecular formula is C23H21N3O3S. The van der Waals surface area contributed by atoms with Crippen LogP contribution in [0.3, 0.4) is 0 Å². The number of benzene rings is 2. The summed E-state index contributed by atoms with van der Waals surface area (Å²) in [5.41, 5.74) is 2.11. The van der Waals surface area contributed by atoms with Crippen LogP contribution in [-0.2, 0) is 4.79 Å². The van der Waals surface area contributed by atoms with Crippen molar-refractivity contribution in [3.63, 3.8) is 0 Å². The summed E-state index contributed by atoms with van der Waals surface area (Å²) in [7, 11) is 0. The Hall–Kier alpha value is -3.45. The lowest BCUT2D eigenvalue weighted by atomic mass is 10.1. The Kier molecular flexibility index (Phi) is 5.63. The smallest absolute Gasteiger partial charge is 0.263 e. The van der Waals surface area contributed by atoms with Gasteiger partial charge in [-0.25, -0.2) is 4.98 Å². The van der Waals surface area contributed by atoms with Gasteiger partial charge in [0.05, 0.1) is 24.0 Å². The second-order valence-electron chi connectivity index (χ2n) is 6.75. The molecule has 2 heterocycles. The Morgan fingerprint density at radius 1 is 1.17 bits per heavy atom. The van der Waals surface area contributed by atoms with Crippen LogP contribution in [0.25, 0.3) is 21.3 Å². The van der Waals surface area contributed by atoms with E-state index < -0.39 is 6.04 Å². The number of hydrogen-bond acceptors (Lipinski definition) is 5. The summed E-state index contributed by atoms with van der Waals surface area (Å²) in [6.45, 7) is 4.05. The number of carbonyl (C=O) groups is 1. The van der Waals surface area contributed by atoms with E-state index in [-0.39, 0.29) is 11.5 Å². The molecule has 2 aromatic heterocycles. The third-order valence-electron chi connectivity index (χ3n) is 4.85. The van der Waals surface area contributed by atoms with Crippen molar-refractivity contribution in [3.05, 3.63) is 76.7 Å². The largest absolute Gasteiger partial charge is 0.492 e. The minimum atomic E-state index is -0.743. The molecule has 0 spiro atoms. The average molecular weight is 420 g/mol. The van der Waals surface area contributed by atoms with Crippen molar-refractivity contribution in [3.8, 4) is 16.9 Å². The second-order valence-corrected chi connectivity index (χ2v) is 7.61. The molecule has 1 amide bonds. The maximum absolute atomic E-state index is 13.3. The van der Waals surface area contributed by atoms with Crippen LogP contribution in [0.15, 0.2) is 71.1 Å². The number of carbonyl (C=O) groups excluding carboxylic acids is 1. The van der Waals surface area contributed by atoms with Crippen molar-refractivity contribution in [2.24, 2.45) is 0 Å². The van der Waals surface area contributed by atoms with Gasteiger partial charge in [-0.2, -0.15) is 0 Å². The average Bonchev–Trinajstić information content (AvgIpc) is 3.21. The SMILES string of the molecule is CCOc1ccccc1NC(=O)[C@H](C)n1cnc2scc(-c3ccccc3)c2c1=O. The van der Waals surface area contributed by atoms with E-state index in [1.165, 1.54) is 22.2 Å². The second kappa shape index (κ2) is 8.51. The number of para-hydroxylation sites is 2. The first-order valence-corrected chi connectivity index (χ1v) is 10.5. The normalized spacial score (nSPS) is 11.9. The maximum Gasteiger partial charge on any atom is 0.263 e. The molecule has 30 heavy (non-hydrogen) atoms. The Bertz CT molecular complexity index is 1250. The lowest BCUT2D eigenvalue weighted by molar-refractivity contribution is -0.118. The van der Waals surface area contributed by atoms with Gasteiger partial charge in [0, 0.05) is 10.9 Å². The van der Waals surface area contributed by atoms with Crippen LogP contribution in [0.1, 0.15) is 19.9 Å². The Morgan fingerprint density at radius 2 is 1.90 bits per heavy atom. The molecule has 6 nitrogen and oxygen atoms in total. The van der Waals surface area contributed by atoms with Crippen LogP contribution in [0.4, 0.5) is 5.69 Å². The number of fused-ring (bicyclic) bond motifs is 1. The van der Waals surface area contributed by atoms with Gasteiger partial charge < -0.3 is 10.1 Å². The van der Waals surface area contributed by atoms with E-state index in [2.05, 4.69) is 10.3 Å². The highest BCUT2D eigenvalue weighted by Crippen LogP contribution is 2.31. The number of thiophene rings is 1. The minimum absolute atomic E-state index is 0.235. The number of aromatic nitrogens is 2. The molecule has 0 fully saturated rings. The van der Waals surface area contributed by atoms with Gasteiger partial charge >= 0.3 is 0 Å². The van der Waals surface area contributed by atoms with Gasteiger partial charge in [0.15, 0.2) is 0 Å². The standard InChI is InChI=1S/C23H21N3O3S/c1-3-29-19-12-8-7-11-18(19)25-21(27)15(2)26-14-24-22-20(23(26)28)17(13-30-22)16-9-5-4-6-10-16/h4-15H,3H2,1-2H3,(H,25,27)/t15-/m0/s1. The molecule has 0 aliphatic rings. The fraction of sp³-hybridized carbons (Fsp3) is 0.174. The Morgan fingerprint density at radius 3 is 2.67 bits per heavy atom. The van der Waals surface area contributed by atoms with Crippen molar-refractivity contribution < 1.29 is 9.53 Å². The minimum Gasteiger partial charge on any atom is -0.492 e. The fourth-order valence-electron chi connectivity index (χ4n) is 3.27. The van der Waals surface area contributed by atoms with Crippen molar-refractivity contribution in [2.75, 3.05) is 11.9 Å². The van der Waals surface area contributed by atoms with Gasteiger partial charge in [0.1, 0.15) is 16.6 Å². The van der Waals surface area contributed by atoms with Gasteiger partial charge in [-0.05, 0) is 31.5 Å². The summed E-state index contributed by atoms with van der Waals surface area (Å²) in [5, 5.41) is 5.32. The number of anilines is 1. The van der Waals surface area contributed by atoms with Crippen LogP contribution in [0.5, 0.6) is 5.75 Å². The molecule has 4 rings (SSSR count). The van der Waals surface area contributed by atoms with E-state index in [1.54, 1.807) is 19.1 Å². The lowest BCUT2D eigenvalue weighted by Crippen LogP contribution is -2.31. The van der Waals surface area contributed by atoms with E-state index >= 15 is 0 Å². The van der Waals surface area contributed by atoms with Crippen molar-refractivity contribution >= 4 is 33.1 Å². The topological polar surface area (TPSA) is 73.2 Å². The summed E-state index contributed by atoms with van der Waals surface area (Å²) in [4.78, 5) is 31.3. The van der Waals surface area contributed by atoms with E-state index in [0.29, 0.717) is 28.3 Å². The number of amides is 1. The lowest BCUT2D eigenvalue weighted by Gasteiger charge is -2.17. The molecule has 152 valence electrons. The quantitative estimate of drug-likeness (QED) is 0.491. The molecule has 7 heteroatoms. The number of rotatable bonds is 6. The van der Waals surface area contributed by atoms with Crippen molar-refractivity contribution in [1.82, 2.24) is 9.55 Å². The first kappa shape index (κ1) is 19.8. The molecule has 0 aliphatic heterocycles. The molecule has 0 aliphatic carbocycles. The van der Waals surface area contributed by atoms with Crippen LogP contribution >= 0.6 is 11.3 Å². The zero-order valence-corrected chi connectivity index (χ0v) is 17.5. The Balaban J connectivity index is 1.69. The molecule has 1 N–H and O–H groups in total. The molecular weight excluding hydrogens is 398 g/mol. The van der Waals surface area contributed by atoms with Crippen LogP contribution in [0.2, 0.25) is 0 Å². The Labute approximate surface area is 177 Å². The zero-order valence-electron chi connectivity index (χ0n) is 16.7. The number of nitrogens with one attached hydrogen (secondary N) is 1. The molecule has 0 unspecified atom stereocenters. The molecule has 4 aromatic rings. The summed E-state index contributed by atoms with van der Waals surface area (Å²) in [6.07, 6.45) is 1.44. The number of nitrogens with zero attached hydrogens (tertiary/aromatic N) is 2. The zero-order chi connectivity index (χ0) is 21.1. The van der Waals surface area contributed by atoms with Gasteiger partial charge in [0.2, 0.25) is 5.91 Å². The highest BCUT2D eigenvalue weighted by Gasteiger charge is 2.21. The van der Waals surface area contributed by atoms with Gasteiger partial charge in [0.25, 0.3) is 5.56 Å². The first-order chi connectivity index (χ1) is 14.6. The van der Waals surface area contributed by atoms with Crippen LogP contribution < -0.4 is 15.6 Å². The summed E-state index contributed by atoms with van der Waals surface area (Å²) < 4.78 is 6.94. The van der Waals surface area contributed by atoms with Gasteiger partial charge in [-0.3, -0.25) is 14.2 Å². The highest BCUT2D eigenvalue weighted by atomic mass is 32.1. The summed E-state index contributed by atoms with van der Waals surface area (Å²) >= 11 is 1.42. The van der Waals surface area contributed by atoms with Crippen LogP contribution in [0, 0.1) is 0 Å². The molecule has 2 aromatic carbocycles. The monoisotopic (exact) mass is 419 g/mol. The number of hydrogen-bond donors (Lipinski definition) is 1. The van der Waals surface area contributed by atoms with E-state index in [1.807, 2.05) is 54.8 Å². The van der Waals surface area contributed by atoms with Crippen molar-refractivity contribution in [1.29, 1.82) is 0 Å². The van der Waals surface area contributed by atoms with E-state index in [9.17, 15) is 9.59 Å². The molecule has 0 saturated carbocycles. The van der Waals surface area contributed by atoms with Crippen molar-refractivity contribution in [2.45, 2.75) is 19.9 Å². The maximum atomic E-state index is 13.3. The third kappa shape index (κ3) is 3.71. The summed E-state index contributed by atoms with van der Waals surface area (Å²) in [6, 6.07) is 16.2. The predicted octanol–water partition coefficient (Wildman–Crippen LogP) is 4.72. The molecule has 1 atom stereocenters. The van der Waals surface area contributed by atoms with E-state index in [4.69, 9.17) is 4.74 Å². The highest BCUT2D eigenvalue weighted by molar-refractivity contribution is 7.17. The van der Waals surface area contributed by atoms with E-state index in [0.717, 1.165) is 11.1 Å². The first-order valence-electron chi connectivity index (χ1n) is 9.66. The fourth-order valence-corrected chi connectivity index (χ4v) is 4.17.